The van der Waals surface area contributed by atoms with Crippen LogP contribution in [0.3, 0.4) is 0 Å². The highest BCUT2D eigenvalue weighted by Gasteiger charge is 2.62. The first-order chi connectivity index (χ1) is 27.2. The van der Waals surface area contributed by atoms with Crippen LogP contribution in [0.2, 0.25) is 0 Å². The number of phenolic OH excluding ortho intramolecular Hbond substituents is 3. The first-order valence-corrected chi connectivity index (χ1v) is 21.2. The van der Waals surface area contributed by atoms with Gasteiger partial charge < -0.3 is 40.5 Å². The number of carboxylic acid groups (broad SMARTS) is 4. The van der Waals surface area contributed by atoms with E-state index in [1.807, 2.05) is 0 Å². The van der Waals surface area contributed by atoms with Crippen LogP contribution in [-0.2, 0) is 44.9 Å². The second-order valence-electron chi connectivity index (χ2n) is 18.4. The van der Waals surface area contributed by atoms with Gasteiger partial charge in [-0.15, -0.1) is 0 Å². The minimum Gasteiger partial charge on any atom is -0.508 e. The molecule has 58 heavy (non-hydrogen) atoms. The molecule has 2 aliphatic carbocycles. The Bertz CT molecular complexity index is 1770. The first kappa shape index (κ1) is 46.2. The maximum atomic E-state index is 12.7. The second kappa shape index (κ2) is 19.5. The van der Waals surface area contributed by atoms with Crippen LogP contribution in [0.5, 0.6) is 23.0 Å². The summed E-state index contributed by atoms with van der Waals surface area (Å²) in [6.45, 7) is 6.78. The monoisotopic (exact) mass is 810 g/mol. The summed E-state index contributed by atoms with van der Waals surface area (Å²) >= 11 is 0. The Hall–Kier alpha value is -4.48. The van der Waals surface area contributed by atoms with Crippen LogP contribution in [0.4, 0.5) is 0 Å². The number of aliphatic carboxylic acids is 4. The summed E-state index contributed by atoms with van der Waals surface area (Å²) in [5, 5.41) is 71.0. The van der Waals surface area contributed by atoms with Gasteiger partial charge in [0.05, 0.1) is 16.2 Å². The topological polar surface area (TPSA) is 219 Å². The van der Waals surface area contributed by atoms with E-state index in [0.29, 0.717) is 120 Å². The third kappa shape index (κ3) is 12.0. The molecule has 2 aromatic rings. The van der Waals surface area contributed by atoms with Crippen molar-refractivity contribution in [1.29, 1.82) is 0 Å². The maximum absolute atomic E-state index is 12.7. The van der Waals surface area contributed by atoms with Gasteiger partial charge in [0.15, 0.2) is 0 Å². The molecule has 2 saturated carbocycles. The molecule has 0 heterocycles. The predicted molar refractivity (Wildman–Crippen MR) is 219 cm³/mol. The quantitative estimate of drug-likeness (QED) is 0.0316. The molecule has 322 valence electrons. The lowest BCUT2D eigenvalue weighted by molar-refractivity contribution is -0.148. The summed E-state index contributed by atoms with van der Waals surface area (Å²) < 4.78 is 6.46. The number of hydrogen-bond acceptors (Lipinski definition) is 8. The van der Waals surface area contributed by atoms with Crippen molar-refractivity contribution < 1.29 is 59.7 Å². The molecule has 2 unspecified atom stereocenters. The highest BCUT2D eigenvalue weighted by atomic mass is 16.5. The van der Waals surface area contributed by atoms with Gasteiger partial charge in [-0.1, -0.05) is 38.5 Å². The summed E-state index contributed by atoms with van der Waals surface area (Å²) in [5.41, 5.74) is -0.267. The molecule has 0 radical (unpaired) electrons. The molecule has 0 spiro atoms. The normalized spacial score (nSPS) is 18.4. The number of unbranched alkanes of at least 4 members (excludes halogenated alkanes) is 6. The van der Waals surface area contributed by atoms with E-state index >= 15 is 0 Å². The van der Waals surface area contributed by atoms with Crippen molar-refractivity contribution in [2.75, 3.05) is 0 Å². The average Bonchev–Trinajstić information content (AvgIpc) is 4.07. The van der Waals surface area contributed by atoms with Crippen LogP contribution in [0.15, 0.2) is 24.3 Å². The molecule has 12 nitrogen and oxygen atoms in total. The summed E-state index contributed by atoms with van der Waals surface area (Å²) in [5.74, 6) is -2.73. The van der Waals surface area contributed by atoms with Crippen LogP contribution in [0.25, 0.3) is 0 Å². The molecule has 0 amide bonds. The van der Waals surface area contributed by atoms with Gasteiger partial charge in [0.2, 0.25) is 0 Å². The lowest BCUT2D eigenvalue weighted by atomic mass is 9.86. The Kier molecular flexibility index (Phi) is 15.5. The molecule has 2 aliphatic rings. The number of hydrogen-bond donors (Lipinski definition) is 7. The minimum atomic E-state index is -1.08. The lowest BCUT2D eigenvalue weighted by Gasteiger charge is -2.21. The fourth-order valence-corrected chi connectivity index (χ4v) is 8.25. The third-order valence-corrected chi connectivity index (χ3v) is 12.9. The lowest BCUT2D eigenvalue weighted by Crippen LogP contribution is -2.23. The molecule has 0 aromatic heterocycles. The summed E-state index contributed by atoms with van der Waals surface area (Å²) in [6, 6.07) is 6.20. The van der Waals surface area contributed by atoms with Crippen molar-refractivity contribution in [2.24, 2.45) is 21.7 Å². The Balaban J connectivity index is 1.37. The Morgan fingerprint density at radius 2 is 1.10 bits per heavy atom. The van der Waals surface area contributed by atoms with Crippen LogP contribution < -0.4 is 4.74 Å². The van der Waals surface area contributed by atoms with Crippen molar-refractivity contribution in [2.45, 2.75) is 169 Å². The standard InChI is InChI=1S/C46H66O12/c1-43(2,39(50)51)21-13-9-16-32-30(15-7-5-11-23-45(25-26-45)41(54)55)27-31(47)28-37(32)58-38-29-46(38,42(56)57)24-12-6-8-17-33-34(36(49)20-19-35(33)48)18-10-14-22-44(3,4)40(52)53/h19-20,27-28,38,47-49H,5-18,21-26,29H2,1-4H3,(H,50,51)(H,52,53)(H,54,55)(H,56,57). The van der Waals surface area contributed by atoms with E-state index in [4.69, 9.17) is 4.74 Å². The van der Waals surface area contributed by atoms with Crippen molar-refractivity contribution in [3.8, 4) is 23.0 Å². The van der Waals surface area contributed by atoms with Crippen molar-refractivity contribution >= 4 is 23.9 Å². The highest BCUT2D eigenvalue weighted by Crippen LogP contribution is 2.54. The number of aromatic hydroxyl groups is 3. The summed E-state index contributed by atoms with van der Waals surface area (Å²) in [7, 11) is 0. The van der Waals surface area contributed by atoms with Gasteiger partial charge in [-0.25, -0.2) is 0 Å². The molecule has 0 bridgehead atoms. The van der Waals surface area contributed by atoms with E-state index in [9.17, 15) is 54.9 Å². The minimum absolute atomic E-state index is 0.0174. The largest absolute Gasteiger partial charge is 0.508 e. The fourth-order valence-electron chi connectivity index (χ4n) is 8.25. The van der Waals surface area contributed by atoms with Gasteiger partial charge in [0.1, 0.15) is 34.5 Å². The van der Waals surface area contributed by atoms with E-state index in [1.54, 1.807) is 39.8 Å². The Morgan fingerprint density at radius 3 is 1.59 bits per heavy atom. The Morgan fingerprint density at radius 1 is 0.621 bits per heavy atom. The number of ether oxygens (including phenoxy) is 1. The van der Waals surface area contributed by atoms with E-state index in [0.717, 1.165) is 43.2 Å². The maximum Gasteiger partial charge on any atom is 0.313 e. The number of carboxylic acids is 4. The molecule has 0 saturated heterocycles. The molecule has 2 atom stereocenters. The van der Waals surface area contributed by atoms with E-state index in [2.05, 4.69) is 0 Å². The van der Waals surface area contributed by atoms with E-state index in [1.165, 1.54) is 12.1 Å². The average molecular weight is 811 g/mol. The molecule has 4 rings (SSSR count). The predicted octanol–water partition coefficient (Wildman–Crippen LogP) is 9.44. The zero-order valence-corrected chi connectivity index (χ0v) is 34.9. The van der Waals surface area contributed by atoms with Crippen LogP contribution in [0, 0.1) is 21.7 Å². The van der Waals surface area contributed by atoms with Crippen LogP contribution in [0.1, 0.15) is 159 Å². The van der Waals surface area contributed by atoms with Gasteiger partial charge in [-0.3, -0.25) is 19.2 Å². The number of phenols is 3. The number of rotatable bonds is 28. The van der Waals surface area contributed by atoms with Gasteiger partial charge in [-0.2, -0.15) is 0 Å². The fraction of sp³-hybridized carbons (Fsp3) is 0.652. The van der Waals surface area contributed by atoms with E-state index in [-0.39, 0.29) is 17.2 Å². The van der Waals surface area contributed by atoms with Gasteiger partial charge in [-0.05, 0) is 147 Å². The SMILES string of the molecule is CC(C)(CCCCc1c(CCCCCC2(C(=O)O)CC2)cc(O)cc1OC1CC1(CCCCCc1c(O)ccc(O)c1CCCCC(C)(C)C(=O)O)C(=O)O)C(=O)O. The number of benzene rings is 2. The highest BCUT2D eigenvalue weighted by molar-refractivity contribution is 5.79. The zero-order chi connectivity index (χ0) is 42.9. The number of carbonyl (C=O) groups is 4. The van der Waals surface area contributed by atoms with Gasteiger partial charge in [0.25, 0.3) is 0 Å². The Labute approximate surface area is 342 Å². The molecule has 2 fully saturated rings. The van der Waals surface area contributed by atoms with Crippen LogP contribution >= 0.6 is 0 Å². The summed E-state index contributed by atoms with van der Waals surface area (Å²) in [4.78, 5) is 47.5. The number of aryl methyl sites for hydroxylation is 1. The van der Waals surface area contributed by atoms with Crippen LogP contribution in [-0.4, -0.2) is 65.7 Å². The van der Waals surface area contributed by atoms with Crippen molar-refractivity contribution in [3.05, 3.63) is 46.5 Å². The smallest absolute Gasteiger partial charge is 0.313 e. The molecular formula is C46H66O12. The zero-order valence-electron chi connectivity index (χ0n) is 34.9. The molecule has 7 N–H and O–H groups in total. The molecule has 12 heteroatoms. The van der Waals surface area contributed by atoms with Crippen molar-refractivity contribution in [3.63, 3.8) is 0 Å². The molecular weight excluding hydrogens is 744 g/mol. The summed E-state index contributed by atoms with van der Waals surface area (Å²) in [6.07, 6.45) is 12.4. The van der Waals surface area contributed by atoms with E-state index < -0.39 is 51.6 Å². The van der Waals surface area contributed by atoms with Crippen molar-refractivity contribution in [1.82, 2.24) is 0 Å². The molecule has 0 aliphatic heterocycles. The van der Waals surface area contributed by atoms with Gasteiger partial charge in [0, 0.05) is 23.6 Å². The van der Waals surface area contributed by atoms with Gasteiger partial charge >= 0.3 is 23.9 Å². The second-order valence-corrected chi connectivity index (χ2v) is 18.4. The molecule has 2 aromatic carbocycles. The third-order valence-electron chi connectivity index (χ3n) is 12.9. The first-order valence-electron chi connectivity index (χ1n) is 21.2.